The van der Waals surface area contributed by atoms with Crippen LogP contribution in [0.15, 0.2) is 6.07 Å². The van der Waals surface area contributed by atoms with Crippen molar-refractivity contribution in [2.45, 2.75) is 13.8 Å². The summed E-state index contributed by atoms with van der Waals surface area (Å²) >= 11 is 5.77. The van der Waals surface area contributed by atoms with Gasteiger partial charge >= 0.3 is 11.9 Å². The third-order valence-corrected chi connectivity index (χ3v) is 2.63. The maximum atomic E-state index is 10.9. The van der Waals surface area contributed by atoms with E-state index in [9.17, 15) is 9.59 Å². The van der Waals surface area contributed by atoms with Crippen molar-refractivity contribution in [3.8, 4) is 0 Å². The summed E-state index contributed by atoms with van der Waals surface area (Å²) in [5.41, 5.74) is 0.657. The van der Waals surface area contributed by atoms with Gasteiger partial charge in [0.2, 0.25) is 0 Å². The van der Waals surface area contributed by atoms with Gasteiger partial charge in [-0.1, -0.05) is 11.6 Å². The summed E-state index contributed by atoms with van der Waals surface area (Å²) in [4.78, 5) is 21.6. The van der Waals surface area contributed by atoms with Crippen molar-refractivity contribution in [3.05, 3.63) is 33.3 Å². The molecule has 1 rings (SSSR count). The van der Waals surface area contributed by atoms with Crippen LogP contribution < -0.4 is 0 Å². The number of hydrogen-bond donors (Lipinski definition) is 2. The largest absolute Gasteiger partial charge is 0.478 e. The molecule has 0 aliphatic rings. The van der Waals surface area contributed by atoms with E-state index in [1.165, 1.54) is 13.0 Å². The van der Waals surface area contributed by atoms with Crippen molar-refractivity contribution in [1.82, 2.24) is 0 Å². The molecule has 0 fully saturated rings. The minimum Gasteiger partial charge on any atom is -0.478 e. The molecular weight excluding hydrogens is 236 g/mol. The van der Waals surface area contributed by atoms with Crippen LogP contribution in [0.5, 0.6) is 0 Å². The lowest BCUT2D eigenvalue weighted by Crippen LogP contribution is -2.08. The highest BCUT2D eigenvalue weighted by molar-refractivity contribution is 6.34. The fraction of sp³-hybridized carbons (Fsp3) is 0.200. The summed E-state index contributed by atoms with van der Waals surface area (Å²) in [6.07, 6.45) is 0. The highest BCUT2D eigenvalue weighted by Crippen LogP contribution is 2.27. The van der Waals surface area contributed by atoms with Gasteiger partial charge in [-0.05, 0) is 31.0 Å². The van der Waals surface area contributed by atoms with Crippen LogP contribution >= 0.6 is 11.6 Å². The van der Waals surface area contributed by atoms with E-state index in [0.717, 1.165) is 0 Å². The average Bonchev–Trinajstić information content (AvgIpc) is 2.10. The zero-order valence-corrected chi connectivity index (χ0v) is 9.42. The Morgan fingerprint density at radius 3 is 2.06 bits per heavy atom. The average molecular weight is 247 g/mol. The zero-order chi connectivity index (χ0) is 11.7. The molecule has 0 spiro atoms. The number of benzene rings is 1. The van der Waals surface area contributed by atoms with Gasteiger partial charge < -0.3 is 15.7 Å². The molecule has 6 heteroatoms. The van der Waals surface area contributed by atoms with Gasteiger partial charge in [0.15, 0.2) is 0 Å². The fourth-order valence-electron chi connectivity index (χ4n) is 1.44. The lowest BCUT2D eigenvalue weighted by Gasteiger charge is -2.09. The third-order valence-electron chi connectivity index (χ3n) is 2.14. The van der Waals surface area contributed by atoms with Crippen LogP contribution in [0.3, 0.4) is 0 Å². The SMILES string of the molecule is Cc1cc(C(=O)O)c(Cl)c(C)c1C(=O)O.O. The molecule has 1 aromatic carbocycles. The molecule has 0 aliphatic carbocycles. The Labute approximate surface area is 96.6 Å². The first-order chi connectivity index (χ1) is 6.86. The maximum Gasteiger partial charge on any atom is 0.337 e. The van der Waals surface area contributed by atoms with E-state index in [0.29, 0.717) is 5.56 Å². The van der Waals surface area contributed by atoms with E-state index in [4.69, 9.17) is 21.8 Å². The molecule has 0 heterocycles. The van der Waals surface area contributed by atoms with E-state index in [1.807, 2.05) is 0 Å². The van der Waals surface area contributed by atoms with Crippen molar-refractivity contribution < 1.29 is 25.3 Å². The number of aryl methyl sites for hydroxylation is 1. The monoisotopic (exact) mass is 246 g/mol. The van der Waals surface area contributed by atoms with E-state index in [-0.39, 0.29) is 27.2 Å². The summed E-state index contributed by atoms with van der Waals surface area (Å²) in [6, 6.07) is 1.26. The summed E-state index contributed by atoms with van der Waals surface area (Å²) in [5, 5.41) is 17.7. The van der Waals surface area contributed by atoms with Gasteiger partial charge in [0.25, 0.3) is 0 Å². The number of halogens is 1. The first-order valence-corrected chi connectivity index (χ1v) is 4.50. The molecule has 16 heavy (non-hydrogen) atoms. The predicted octanol–water partition coefficient (Wildman–Crippen LogP) is 1.53. The lowest BCUT2D eigenvalue weighted by atomic mass is 9.99. The standard InChI is InChI=1S/C10H9ClO4.H2O/c1-4-3-6(9(12)13)8(11)5(2)7(4)10(14)15;/h3H,1-2H3,(H,12,13)(H,14,15);1H2. The first kappa shape index (κ1) is 14.4. The number of carboxylic acids is 2. The number of rotatable bonds is 2. The molecule has 0 bridgehead atoms. The summed E-state index contributed by atoms with van der Waals surface area (Å²) in [7, 11) is 0. The molecule has 88 valence electrons. The predicted molar refractivity (Wildman–Crippen MR) is 58.5 cm³/mol. The van der Waals surface area contributed by atoms with Gasteiger partial charge in [-0.15, -0.1) is 0 Å². The topological polar surface area (TPSA) is 106 Å². The minimum absolute atomic E-state index is 0. The molecule has 0 atom stereocenters. The van der Waals surface area contributed by atoms with Crippen LogP contribution in [0.1, 0.15) is 31.8 Å². The van der Waals surface area contributed by atoms with Crippen molar-refractivity contribution in [1.29, 1.82) is 0 Å². The Bertz CT molecular complexity index is 453. The summed E-state index contributed by atoms with van der Waals surface area (Å²) in [6.45, 7) is 3.03. The third kappa shape index (κ3) is 2.32. The van der Waals surface area contributed by atoms with E-state index >= 15 is 0 Å². The van der Waals surface area contributed by atoms with Gasteiger partial charge in [0.1, 0.15) is 0 Å². The zero-order valence-electron chi connectivity index (χ0n) is 8.67. The van der Waals surface area contributed by atoms with E-state index in [1.54, 1.807) is 6.92 Å². The quantitative estimate of drug-likeness (QED) is 0.825. The number of carboxylic acid groups (broad SMARTS) is 2. The van der Waals surface area contributed by atoms with E-state index < -0.39 is 11.9 Å². The molecule has 0 saturated carbocycles. The Kier molecular flexibility index (Phi) is 4.47. The Morgan fingerprint density at radius 2 is 1.69 bits per heavy atom. The second kappa shape index (κ2) is 4.96. The number of hydrogen-bond acceptors (Lipinski definition) is 2. The fourth-order valence-corrected chi connectivity index (χ4v) is 1.67. The Morgan fingerprint density at radius 1 is 1.19 bits per heavy atom. The first-order valence-electron chi connectivity index (χ1n) is 4.12. The van der Waals surface area contributed by atoms with Crippen molar-refractivity contribution >= 4 is 23.5 Å². The lowest BCUT2D eigenvalue weighted by molar-refractivity contribution is 0.0680. The number of carbonyl (C=O) groups is 2. The molecule has 0 amide bonds. The van der Waals surface area contributed by atoms with Gasteiger partial charge in [0.05, 0.1) is 16.1 Å². The van der Waals surface area contributed by atoms with Gasteiger partial charge in [0, 0.05) is 0 Å². The molecule has 5 nitrogen and oxygen atoms in total. The Balaban J connectivity index is 0.00000225. The van der Waals surface area contributed by atoms with Crippen LogP contribution in [0.4, 0.5) is 0 Å². The molecular formula is C10H11ClO5. The number of aromatic carboxylic acids is 2. The molecule has 0 radical (unpaired) electrons. The van der Waals surface area contributed by atoms with Crippen LogP contribution in [0, 0.1) is 13.8 Å². The van der Waals surface area contributed by atoms with Crippen molar-refractivity contribution in [3.63, 3.8) is 0 Å². The molecule has 0 aromatic heterocycles. The van der Waals surface area contributed by atoms with Crippen LogP contribution in [-0.2, 0) is 0 Å². The highest BCUT2D eigenvalue weighted by Gasteiger charge is 2.19. The molecule has 0 aliphatic heterocycles. The Hall–Kier alpha value is -1.59. The maximum absolute atomic E-state index is 10.9. The molecule has 0 saturated heterocycles. The van der Waals surface area contributed by atoms with Gasteiger partial charge in [-0.2, -0.15) is 0 Å². The smallest absolute Gasteiger partial charge is 0.337 e. The van der Waals surface area contributed by atoms with E-state index in [2.05, 4.69) is 0 Å². The summed E-state index contributed by atoms with van der Waals surface area (Å²) < 4.78 is 0. The van der Waals surface area contributed by atoms with Crippen LogP contribution in [-0.4, -0.2) is 27.6 Å². The molecule has 0 unspecified atom stereocenters. The van der Waals surface area contributed by atoms with Gasteiger partial charge in [-0.3, -0.25) is 0 Å². The summed E-state index contributed by atoms with van der Waals surface area (Å²) in [5.74, 6) is -2.27. The van der Waals surface area contributed by atoms with Gasteiger partial charge in [-0.25, -0.2) is 9.59 Å². The van der Waals surface area contributed by atoms with Crippen LogP contribution in [0.25, 0.3) is 0 Å². The minimum atomic E-state index is -1.16. The van der Waals surface area contributed by atoms with Crippen molar-refractivity contribution in [2.24, 2.45) is 0 Å². The highest BCUT2D eigenvalue weighted by atomic mass is 35.5. The second-order valence-electron chi connectivity index (χ2n) is 3.17. The van der Waals surface area contributed by atoms with Crippen molar-refractivity contribution in [2.75, 3.05) is 0 Å². The normalized spacial score (nSPS) is 9.44. The second-order valence-corrected chi connectivity index (χ2v) is 3.54. The molecule has 1 aromatic rings. The molecule has 4 N–H and O–H groups in total. The van der Waals surface area contributed by atoms with Crippen LogP contribution in [0.2, 0.25) is 5.02 Å².